The molecule has 0 unspecified atom stereocenters. The Labute approximate surface area is 177 Å². The Hall–Kier alpha value is -3.39. The minimum atomic E-state index is 0.499. The molecule has 1 aliphatic rings. The SMILES string of the molecule is [2H]c1cc(CC(C)C)c2cccc3c2c1N=C3c1cc(C)cc2c1oc1ccccc12. The topological polar surface area (TPSA) is 25.5 Å². The molecule has 0 saturated carbocycles. The normalized spacial score (nSPS) is 13.6. The molecule has 5 aromatic rings. The van der Waals surface area contributed by atoms with E-state index in [1.165, 1.54) is 16.5 Å². The number of rotatable bonds is 3. The van der Waals surface area contributed by atoms with Crippen LogP contribution in [-0.4, -0.2) is 5.71 Å². The number of para-hydroxylation sites is 1. The summed E-state index contributed by atoms with van der Waals surface area (Å²) in [5.74, 6) is 0.533. The summed E-state index contributed by atoms with van der Waals surface area (Å²) in [5, 5.41) is 4.55. The van der Waals surface area contributed by atoms with E-state index in [1.54, 1.807) is 0 Å². The average molecular weight is 391 g/mol. The van der Waals surface area contributed by atoms with Crippen molar-refractivity contribution in [1.29, 1.82) is 0 Å². The predicted molar refractivity (Wildman–Crippen MR) is 126 cm³/mol. The van der Waals surface area contributed by atoms with Crippen LogP contribution in [0.5, 0.6) is 0 Å². The molecular formula is C28H23NO. The number of hydrogen-bond acceptors (Lipinski definition) is 2. The fourth-order valence-electron chi connectivity index (χ4n) is 4.80. The molecule has 0 saturated heterocycles. The summed E-state index contributed by atoms with van der Waals surface area (Å²) >= 11 is 0. The molecular weight excluding hydrogens is 366 g/mol. The summed E-state index contributed by atoms with van der Waals surface area (Å²) in [4.78, 5) is 5.02. The van der Waals surface area contributed by atoms with Crippen molar-refractivity contribution in [2.24, 2.45) is 10.9 Å². The van der Waals surface area contributed by atoms with Crippen LogP contribution < -0.4 is 0 Å². The Kier molecular flexibility index (Phi) is 3.45. The van der Waals surface area contributed by atoms with Crippen molar-refractivity contribution in [2.75, 3.05) is 0 Å². The van der Waals surface area contributed by atoms with Crippen LogP contribution in [0.1, 0.15) is 37.5 Å². The first-order chi connectivity index (χ1) is 15.0. The average Bonchev–Trinajstić information content (AvgIpc) is 3.31. The Morgan fingerprint density at radius 1 is 0.933 bits per heavy atom. The van der Waals surface area contributed by atoms with Gasteiger partial charge >= 0.3 is 0 Å². The summed E-state index contributed by atoms with van der Waals surface area (Å²) in [7, 11) is 0. The molecule has 2 nitrogen and oxygen atoms in total. The number of nitrogens with zero attached hydrogens (tertiary/aromatic N) is 1. The third-order valence-corrected chi connectivity index (χ3v) is 6.01. The Balaban J connectivity index is 1.66. The summed E-state index contributed by atoms with van der Waals surface area (Å²) in [5.41, 5.74) is 7.94. The van der Waals surface area contributed by atoms with Crippen LogP contribution in [0.2, 0.25) is 0 Å². The van der Waals surface area contributed by atoms with Gasteiger partial charge in [-0.3, -0.25) is 0 Å². The van der Waals surface area contributed by atoms with E-state index in [2.05, 4.69) is 57.2 Å². The van der Waals surface area contributed by atoms with Gasteiger partial charge in [0.05, 0.1) is 12.8 Å². The minimum Gasteiger partial charge on any atom is -0.455 e. The van der Waals surface area contributed by atoms with Gasteiger partial charge in [0.15, 0.2) is 0 Å². The second-order valence-corrected chi connectivity index (χ2v) is 8.74. The Morgan fingerprint density at radius 2 is 1.77 bits per heavy atom. The highest BCUT2D eigenvalue weighted by Gasteiger charge is 2.24. The largest absolute Gasteiger partial charge is 0.455 e. The van der Waals surface area contributed by atoms with E-state index in [1.807, 2.05) is 24.3 Å². The maximum Gasteiger partial charge on any atom is 0.144 e. The lowest BCUT2D eigenvalue weighted by atomic mass is 9.92. The van der Waals surface area contributed by atoms with Crippen LogP contribution >= 0.6 is 0 Å². The van der Waals surface area contributed by atoms with Gasteiger partial charge in [-0.15, -0.1) is 0 Å². The van der Waals surface area contributed by atoms with Crippen LogP contribution in [0.3, 0.4) is 0 Å². The zero-order chi connectivity index (χ0) is 21.3. The minimum absolute atomic E-state index is 0.499. The highest BCUT2D eigenvalue weighted by Crippen LogP contribution is 2.41. The van der Waals surface area contributed by atoms with Crippen LogP contribution in [-0.2, 0) is 6.42 Å². The molecule has 2 heteroatoms. The van der Waals surface area contributed by atoms with Crippen molar-refractivity contribution in [1.82, 2.24) is 0 Å². The van der Waals surface area contributed by atoms with E-state index >= 15 is 0 Å². The molecule has 2 heterocycles. The van der Waals surface area contributed by atoms with Crippen molar-refractivity contribution in [3.05, 3.63) is 89.0 Å². The molecule has 146 valence electrons. The van der Waals surface area contributed by atoms with Gasteiger partial charge in [-0.25, -0.2) is 4.99 Å². The maximum absolute atomic E-state index is 8.69. The summed E-state index contributed by atoms with van der Waals surface area (Å²) in [6.45, 7) is 6.56. The Bertz CT molecular complexity index is 1550. The number of fused-ring (bicyclic) bond motifs is 3. The van der Waals surface area contributed by atoms with Gasteiger partial charge in [-0.05, 0) is 60.0 Å². The summed E-state index contributed by atoms with van der Waals surface area (Å²) < 4.78 is 15.0. The van der Waals surface area contributed by atoms with E-state index in [9.17, 15) is 0 Å². The van der Waals surface area contributed by atoms with Crippen LogP contribution in [0.15, 0.2) is 76.1 Å². The van der Waals surface area contributed by atoms with E-state index in [4.69, 9.17) is 10.8 Å². The molecule has 0 spiro atoms. The third kappa shape index (κ3) is 2.46. The first-order valence-electron chi connectivity index (χ1n) is 11.1. The number of hydrogen-bond donors (Lipinski definition) is 0. The number of aliphatic imine (C=N–C) groups is 1. The second kappa shape index (κ2) is 6.30. The fourth-order valence-corrected chi connectivity index (χ4v) is 4.80. The molecule has 0 N–H and O–H groups in total. The van der Waals surface area contributed by atoms with E-state index < -0.39 is 0 Å². The molecule has 0 amide bonds. The third-order valence-electron chi connectivity index (χ3n) is 6.01. The smallest absolute Gasteiger partial charge is 0.144 e. The molecule has 6 rings (SSSR count). The number of aryl methyl sites for hydroxylation is 1. The maximum atomic E-state index is 8.69. The van der Waals surface area contributed by atoms with E-state index in [-0.39, 0.29) is 0 Å². The molecule has 0 atom stereocenters. The van der Waals surface area contributed by atoms with Gasteiger partial charge in [0, 0.05) is 27.3 Å². The standard InChI is InChI=1S/C28H23NO/c1-16(2)13-18-11-12-24-26-19(18)8-6-9-21(26)27(29-24)23-15-17(3)14-22-20-7-4-5-10-25(20)30-28(22)23/h4-12,14-16H,13H2,1-3H3/i12D. The van der Waals surface area contributed by atoms with Crippen molar-refractivity contribution >= 4 is 44.1 Å². The zero-order valence-corrected chi connectivity index (χ0v) is 17.4. The molecule has 30 heavy (non-hydrogen) atoms. The molecule has 1 aromatic heterocycles. The fraction of sp³-hybridized carbons (Fsp3) is 0.179. The molecule has 1 aliphatic heterocycles. The first kappa shape index (κ1) is 16.4. The van der Waals surface area contributed by atoms with Crippen LogP contribution in [0, 0.1) is 12.8 Å². The molecule has 0 fully saturated rings. The molecule has 4 aromatic carbocycles. The number of benzene rings is 4. The van der Waals surface area contributed by atoms with Gasteiger partial charge in [0.25, 0.3) is 0 Å². The zero-order valence-electron chi connectivity index (χ0n) is 18.4. The first-order valence-corrected chi connectivity index (χ1v) is 10.6. The van der Waals surface area contributed by atoms with Gasteiger partial charge < -0.3 is 4.42 Å². The molecule has 0 bridgehead atoms. The van der Waals surface area contributed by atoms with Gasteiger partial charge in [0.2, 0.25) is 0 Å². The van der Waals surface area contributed by atoms with Gasteiger partial charge in [-0.1, -0.05) is 56.3 Å². The highest BCUT2D eigenvalue weighted by molar-refractivity contribution is 6.30. The Morgan fingerprint density at radius 3 is 2.63 bits per heavy atom. The highest BCUT2D eigenvalue weighted by atomic mass is 16.3. The van der Waals surface area contributed by atoms with Gasteiger partial charge in [0.1, 0.15) is 11.2 Å². The van der Waals surface area contributed by atoms with E-state index in [0.29, 0.717) is 12.0 Å². The van der Waals surface area contributed by atoms with Crippen molar-refractivity contribution < 1.29 is 5.79 Å². The van der Waals surface area contributed by atoms with Crippen molar-refractivity contribution in [2.45, 2.75) is 27.2 Å². The molecule has 0 radical (unpaired) electrons. The van der Waals surface area contributed by atoms with Crippen LogP contribution in [0.4, 0.5) is 5.69 Å². The lowest BCUT2D eigenvalue weighted by molar-refractivity contribution is 0.650. The quantitative estimate of drug-likeness (QED) is 0.303. The van der Waals surface area contributed by atoms with Crippen LogP contribution in [0.25, 0.3) is 32.7 Å². The lowest BCUT2D eigenvalue weighted by Crippen LogP contribution is -2.02. The van der Waals surface area contributed by atoms with Crippen molar-refractivity contribution in [3.63, 3.8) is 0 Å². The summed E-state index contributed by atoms with van der Waals surface area (Å²) in [6.07, 6.45) is 0.958. The van der Waals surface area contributed by atoms with Gasteiger partial charge in [-0.2, -0.15) is 0 Å². The predicted octanol–water partition coefficient (Wildman–Crippen LogP) is 7.73. The molecule has 0 aliphatic carbocycles. The van der Waals surface area contributed by atoms with E-state index in [0.717, 1.165) is 56.3 Å². The second-order valence-electron chi connectivity index (χ2n) is 8.74. The van der Waals surface area contributed by atoms with Crippen molar-refractivity contribution in [3.8, 4) is 0 Å². The lowest BCUT2D eigenvalue weighted by Gasteiger charge is -2.11. The monoisotopic (exact) mass is 390 g/mol. The summed E-state index contributed by atoms with van der Waals surface area (Å²) in [6, 6.07) is 21.4. The number of furan rings is 1.